The van der Waals surface area contributed by atoms with Crippen molar-refractivity contribution >= 4 is 10.9 Å². The summed E-state index contributed by atoms with van der Waals surface area (Å²) in [5, 5.41) is 1.17. The summed E-state index contributed by atoms with van der Waals surface area (Å²) in [6.45, 7) is 0. The first-order chi connectivity index (χ1) is 8.25. The maximum Gasteiger partial charge on any atom is 0.123 e. The van der Waals surface area contributed by atoms with E-state index in [0.717, 1.165) is 16.6 Å². The lowest BCUT2D eigenvalue weighted by molar-refractivity contribution is 0.628. The molecule has 0 aliphatic rings. The van der Waals surface area contributed by atoms with Gasteiger partial charge < -0.3 is 4.57 Å². The van der Waals surface area contributed by atoms with Gasteiger partial charge in [0.05, 0.1) is 5.52 Å². The molecule has 0 amide bonds. The molecule has 0 saturated heterocycles. The minimum Gasteiger partial charge on any atom is -0.350 e. The van der Waals surface area contributed by atoms with Crippen LogP contribution in [0, 0.1) is 11.9 Å². The highest BCUT2D eigenvalue weighted by molar-refractivity contribution is 5.94. The summed E-state index contributed by atoms with van der Waals surface area (Å²) in [4.78, 5) is 0. The van der Waals surface area contributed by atoms with Gasteiger partial charge in [-0.2, -0.15) is 0 Å². The molecule has 17 heavy (non-hydrogen) atoms. The topological polar surface area (TPSA) is 4.93 Å². The molecule has 0 atom stereocenters. The number of halogens is 1. The molecule has 0 fully saturated rings. The summed E-state index contributed by atoms with van der Waals surface area (Å²) in [6, 6.07) is 15.8. The first kappa shape index (κ1) is 10.1. The van der Waals surface area contributed by atoms with E-state index < -0.39 is 0 Å². The number of fused-ring (bicyclic) bond motifs is 1. The first-order valence-corrected chi connectivity index (χ1v) is 5.47. The van der Waals surface area contributed by atoms with Crippen molar-refractivity contribution in [3.63, 3.8) is 0 Å². The van der Waals surface area contributed by atoms with E-state index in [2.05, 4.69) is 16.7 Å². The zero-order valence-electron chi connectivity index (χ0n) is 9.44. The second kappa shape index (κ2) is 3.74. The van der Waals surface area contributed by atoms with Gasteiger partial charge in [0.2, 0.25) is 0 Å². The molecule has 1 radical (unpaired) electrons. The van der Waals surface area contributed by atoms with Gasteiger partial charge in [-0.25, -0.2) is 4.39 Å². The average Bonchev–Trinajstić information content (AvgIpc) is 2.73. The summed E-state index contributed by atoms with van der Waals surface area (Å²) >= 11 is 0. The lowest BCUT2D eigenvalue weighted by atomic mass is 10.0. The Bertz CT molecular complexity index is 665. The Morgan fingerprint density at radius 2 is 1.82 bits per heavy atom. The lowest BCUT2D eigenvalue weighted by Crippen LogP contribution is -1.88. The molecule has 0 saturated carbocycles. The van der Waals surface area contributed by atoms with Crippen molar-refractivity contribution in [1.29, 1.82) is 0 Å². The Morgan fingerprint density at radius 1 is 1.06 bits per heavy atom. The van der Waals surface area contributed by atoms with Gasteiger partial charge in [-0.05, 0) is 29.8 Å². The SMILES string of the molecule is Cn1ccc2cc[c]c(-c3ccc(F)cc3)c21. The molecular weight excluding hydrogens is 213 g/mol. The number of rotatable bonds is 1. The van der Waals surface area contributed by atoms with Gasteiger partial charge in [0.25, 0.3) is 0 Å². The Balaban J connectivity index is 2.29. The molecule has 83 valence electrons. The summed E-state index contributed by atoms with van der Waals surface area (Å²) < 4.78 is 15.0. The predicted molar refractivity (Wildman–Crippen MR) is 67.1 cm³/mol. The Hall–Kier alpha value is -2.09. The zero-order valence-corrected chi connectivity index (χ0v) is 9.44. The second-order valence-corrected chi connectivity index (χ2v) is 4.09. The van der Waals surface area contributed by atoms with E-state index in [9.17, 15) is 4.39 Å². The van der Waals surface area contributed by atoms with E-state index >= 15 is 0 Å². The van der Waals surface area contributed by atoms with E-state index in [1.165, 1.54) is 17.5 Å². The Morgan fingerprint density at radius 3 is 2.59 bits per heavy atom. The van der Waals surface area contributed by atoms with Crippen LogP contribution in [0.25, 0.3) is 22.0 Å². The Labute approximate surface area is 99.1 Å². The average molecular weight is 224 g/mol. The van der Waals surface area contributed by atoms with Crippen molar-refractivity contribution in [1.82, 2.24) is 4.57 Å². The first-order valence-electron chi connectivity index (χ1n) is 5.47. The molecule has 0 unspecified atom stereocenters. The summed E-state index contributed by atoms with van der Waals surface area (Å²) in [7, 11) is 2.00. The zero-order chi connectivity index (χ0) is 11.8. The van der Waals surface area contributed by atoms with Crippen molar-refractivity contribution in [3.05, 3.63) is 60.5 Å². The van der Waals surface area contributed by atoms with Crippen molar-refractivity contribution in [2.45, 2.75) is 0 Å². The van der Waals surface area contributed by atoms with Crippen LogP contribution >= 0.6 is 0 Å². The smallest absolute Gasteiger partial charge is 0.123 e. The molecule has 0 aliphatic heterocycles. The third kappa shape index (κ3) is 1.62. The monoisotopic (exact) mass is 224 g/mol. The fourth-order valence-electron chi connectivity index (χ4n) is 2.12. The molecule has 2 heteroatoms. The van der Waals surface area contributed by atoms with Crippen LogP contribution in [0.5, 0.6) is 0 Å². The molecule has 1 aromatic heterocycles. The van der Waals surface area contributed by atoms with E-state index in [4.69, 9.17) is 0 Å². The number of aromatic nitrogens is 1. The van der Waals surface area contributed by atoms with Crippen LogP contribution < -0.4 is 0 Å². The van der Waals surface area contributed by atoms with Crippen LogP contribution in [0.2, 0.25) is 0 Å². The standard InChI is InChI=1S/C15H11FN/c1-17-10-9-12-3-2-4-14(15(12)17)11-5-7-13(16)8-6-11/h2-3,5-10H,1H3. The quantitative estimate of drug-likeness (QED) is 0.592. The van der Waals surface area contributed by atoms with Crippen LogP contribution in [0.4, 0.5) is 4.39 Å². The lowest BCUT2D eigenvalue weighted by Gasteiger charge is -2.06. The van der Waals surface area contributed by atoms with Gasteiger partial charge in [-0.15, -0.1) is 0 Å². The molecule has 0 spiro atoms. The number of aryl methyl sites for hydroxylation is 1. The second-order valence-electron chi connectivity index (χ2n) is 4.09. The fourth-order valence-corrected chi connectivity index (χ4v) is 2.12. The van der Waals surface area contributed by atoms with E-state index in [1.807, 2.05) is 25.4 Å². The van der Waals surface area contributed by atoms with Gasteiger partial charge in [-0.1, -0.05) is 24.3 Å². The summed E-state index contributed by atoms with van der Waals surface area (Å²) in [6.07, 6.45) is 2.02. The largest absolute Gasteiger partial charge is 0.350 e. The number of hydrogen-bond donors (Lipinski definition) is 0. The summed E-state index contributed by atoms with van der Waals surface area (Å²) in [5.41, 5.74) is 3.12. The molecule has 0 aliphatic carbocycles. The number of hydrogen-bond acceptors (Lipinski definition) is 0. The molecule has 3 aromatic rings. The van der Waals surface area contributed by atoms with Crippen LogP contribution in [0.15, 0.2) is 48.7 Å². The third-order valence-electron chi connectivity index (χ3n) is 2.96. The number of benzene rings is 2. The summed E-state index contributed by atoms with van der Waals surface area (Å²) in [5.74, 6) is -0.215. The third-order valence-corrected chi connectivity index (χ3v) is 2.96. The molecule has 2 aromatic carbocycles. The molecule has 0 bridgehead atoms. The minimum absolute atomic E-state index is 0.215. The van der Waals surface area contributed by atoms with Gasteiger partial charge >= 0.3 is 0 Å². The van der Waals surface area contributed by atoms with E-state index in [-0.39, 0.29) is 5.82 Å². The molecule has 1 heterocycles. The van der Waals surface area contributed by atoms with Crippen molar-refractivity contribution in [3.8, 4) is 11.1 Å². The van der Waals surface area contributed by atoms with Crippen LogP contribution in [0.3, 0.4) is 0 Å². The Kier molecular flexibility index (Phi) is 2.22. The van der Waals surface area contributed by atoms with Crippen LogP contribution in [-0.2, 0) is 7.05 Å². The van der Waals surface area contributed by atoms with Crippen molar-refractivity contribution in [2.24, 2.45) is 7.05 Å². The highest BCUT2D eigenvalue weighted by Crippen LogP contribution is 2.28. The van der Waals surface area contributed by atoms with Gasteiger partial charge in [0.15, 0.2) is 0 Å². The molecular formula is C15H11FN. The highest BCUT2D eigenvalue weighted by Gasteiger charge is 2.06. The molecule has 3 rings (SSSR count). The van der Waals surface area contributed by atoms with Crippen LogP contribution in [0.1, 0.15) is 0 Å². The maximum atomic E-state index is 12.9. The van der Waals surface area contributed by atoms with E-state index in [0.29, 0.717) is 0 Å². The molecule has 1 nitrogen and oxygen atoms in total. The van der Waals surface area contributed by atoms with Gasteiger partial charge in [0, 0.05) is 24.2 Å². The van der Waals surface area contributed by atoms with Crippen molar-refractivity contribution in [2.75, 3.05) is 0 Å². The maximum absolute atomic E-state index is 12.9. The number of nitrogens with zero attached hydrogens (tertiary/aromatic N) is 1. The van der Waals surface area contributed by atoms with Gasteiger partial charge in [-0.3, -0.25) is 0 Å². The highest BCUT2D eigenvalue weighted by atomic mass is 19.1. The minimum atomic E-state index is -0.215. The van der Waals surface area contributed by atoms with Gasteiger partial charge in [0.1, 0.15) is 5.82 Å². The molecule has 0 N–H and O–H groups in total. The normalized spacial score (nSPS) is 10.9. The van der Waals surface area contributed by atoms with Crippen LogP contribution in [-0.4, -0.2) is 4.57 Å². The fraction of sp³-hybridized carbons (Fsp3) is 0.0667. The predicted octanol–water partition coefficient (Wildman–Crippen LogP) is 3.78. The van der Waals surface area contributed by atoms with E-state index in [1.54, 1.807) is 12.1 Å². The van der Waals surface area contributed by atoms with Crippen molar-refractivity contribution < 1.29 is 4.39 Å².